The largest absolute Gasteiger partial charge is 0.253 e. The van der Waals surface area contributed by atoms with Crippen LogP contribution < -0.4 is 0 Å². The van der Waals surface area contributed by atoms with Crippen molar-refractivity contribution in [1.82, 2.24) is 9.97 Å². The van der Waals surface area contributed by atoms with Gasteiger partial charge in [0.25, 0.3) is 0 Å². The molecule has 3 heterocycles. The number of nitrogens with zero attached hydrogens (tertiary/aromatic N) is 2. The molecule has 0 fully saturated rings. The number of hydrogen-bond acceptors (Lipinski definition) is 3. The van der Waals surface area contributed by atoms with Crippen LogP contribution in [0.4, 0.5) is 0 Å². The van der Waals surface area contributed by atoms with Gasteiger partial charge in [0.05, 0.1) is 9.40 Å². The normalized spacial score (nSPS) is 10.0. The molecule has 3 aromatic rings. The fraction of sp³-hybridized carbons (Fsp3) is 0.167. The summed E-state index contributed by atoms with van der Waals surface area (Å²) in [5, 5.41) is 0. The molecule has 0 aromatic carbocycles. The predicted molar refractivity (Wildman–Crippen MR) is 66.3 cm³/mol. The van der Waals surface area contributed by atoms with Gasteiger partial charge in [0.15, 0.2) is 0 Å². The highest BCUT2D eigenvalue weighted by molar-refractivity contribution is 7.25. The first-order valence-electron chi connectivity index (χ1n) is 5.03. The summed E-state index contributed by atoms with van der Waals surface area (Å²) in [5.41, 5.74) is 2.03. The Morgan fingerprint density at radius 2 is 1.33 bits per heavy atom. The minimum Gasteiger partial charge on any atom is -0.253 e. The van der Waals surface area contributed by atoms with Gasteiger partial charge in [-0.1, -0.05) is 13.8 Å². The SMILES string of the molecule is CC.c1cnc2c(c1)sc1cccnc12. The van der Waals surface area contributed by atoms with Crippen LogP contribution in [-0.4, -0.2) is 9.97 Å². The molecule has 0 aliphatic heterocycles. The van der Waals surface area contributed by atoms with E-state index in [1.807, 2.05) is 38.4 Å². The molecule has 0 saturated heterocycles. The third-order valence-electron chi connectivity index (χ3n) is 1.99. The number of thiophene rings is 1. The van der Waals surface area contributed by atoms with Crippen molar-refractivity contribution < 1.29 is 0 Å². The highest BCUT2D eigenvalue weighted by Gasteiger charge is 2.04. The Hall–Kier alpha value is -1.48. The van der Waals surface area contributed by atoms with E-state index >= 15 is 0 Å². The second kappa shape index (κ2) is 4.36. The molecule has 2 nitrogen and oxygen atoms in total. The van der Waals surface area contributed by atoms with E-state index in [9.17, 15) is 0 Å². The Morgan fingerprint density at radius 1 is 0.867 bits per heavy atom. The average molecular weight is 216 g/mol. The fourth-order valence-corrected chi connectivity index (χ4v) is 2.44. The van der Waals surface area contributed by atoms with E-state index in [4.69, 9.17) is 0 Å². The molecule has 3 heteroatoms. The van der Waals surface area contributed by atoms with Gasteiger partial charge in [-0.15, -0.1) is 11.3 Å². The quantitative estimate of drug-likeness (QED) is 0.570. The molecule has 0 spiro atoms. The Labute approximate surface area is 92.6 Å². The molecule has 0 unspecified atom stereocenters. The van der Waals surface area contributed by atoms with E-state index in [-0.39, 0.29) is 0 Å². The van der Waals surface area contributed by atoms with Crippen LogP contribution in [0.2, 0.25) is 0 Å². The van der Waals surface area contributed by atoms with E-state index in [0.717, 1.165) is 11.0 Å². The van der Waals surface area contributed by atoms with Crippen molar-refractivity contribution in [2.75, 3.05) is 0 Å². The summed E-state index contributed by atoms with van der Waals surface area (Å²) in [6.45, 7) is 4.00. The van der Waals surface area contributed by atoms with Crippen molar-refractivity contribution in [3.63, 3.8) is 0 Å². The minimum atomic E-state index is 1.02. The van der Waals surface area contributed by atoms with Crippen LogP contribution in [-0.2, 0) is 0 Å². The van der Waals surface area contributed by atoms with Crippen LogP contribution in [0.5, 0.6) is 0 Å². The number of hydrogen-bond donors (Lipinski definition) is 0. The zero-order chi connectivity index (χ0) is 10.7. The molecular formula is C12H12N2S. The molecule has 76 valence electrons. The summed E-state index contributed by atoms with van der Waals surface area (Å²) in [5.74, 6) is 0. The van der Waals surface area contributed by atoms with E-state index in [1.54, 1.807) is 11.3 Å². The van der Waals surface area contributed by atoms with Crippen LogP contribution in [0, 0.1) is 0 Å². The first kappa shape index (κ1) is 10.1. The first-order valence-corrected chi connectivity index (χ1v) is 5.85. The fourth-order valence-electron chi connectivity index (χ4n) is 1.42. The standard InChI is InChI=1S/C10H6N2S.C2H6/c1-3-7-9(11-5-1)10-8(13-7)4-2-6-12-10;1-2/h1-6H;1-2H3. The van der Waals surface area contributed by atoms with Gasteiger partial charge in [-0.05, 0) is 24.3 Å². The first-order chi connectivity index (χ1) is 7.45. The topological polar surface area (TPSA) is 25.8 Å². The van der Waals surface area contributed by atoms with Crippen molar-refractivity contribution in [2.24, 2.45) is 0 Å². The van der Waals surface area contributed by atoms with Crippen molar-refractivity contribution >= 4 is 31.8 Å². The molecule has 15 heavy (non-hydrogen) atoms. The van der Waals surface area contributed by atoms with Crippen LogP contribution in [0.25, 0.3) is 20.4 Å². The Bertz CT molecular complexity index is 521. The molecule has 3 aromatic heterocycles. The van der Waals surface area contributed by atoms with E-state index in [1.165, 1.54) is 9.40 Å². The smallest absolute Gasteiger partial charge is 0.107 e. The molecule has 0 amide bonds. The van der Waals surface area contributed by atoms with Crippen molar-refractivity contribution in [3.8, 4) is 0 Å². The lowest BCUT2D eigenvalue weighted by Crippen LogP contribution is -1.74. The van der Waals surface area contributed by atoms with Gasteiger partial charge in [-0.2, -0.15) is 0 Å². The molecule has 0 saturated carbocycles. The molecule has 0 aliphatic rings. The van der Waals surface area contributed by atoms with Gasteiger partial charge in [-0.3, -0.25) is 9.97 Å². The van der Waals surface area contributed by atoms with Gasteiger partial charge in [0, 0.05) is 12.4 Å². The second-order valence-corrected chi connectivity index (χ2v) is 3.89. The highest BCUT2D eigenvalue weighted by atomic mass is 32.1. The average Bonchev–Trinajstić information content (AvgIpc) is 2.70. The summed E-state index contributed by atoms with van der Waals surface area (Å²) >= 11 is 1.74. The van der Waals surface area contributed by atoms with E-state index < -0.39 is 0 Å². The third-order valence-corrected chi connectivity index (χ3v) is 3.08. The summed E-state index contributed by atoms with van der Waals surface area (Å²) in [4.78, 5) is 8.63. The third kappa shape index (κ3) is 1.70. The molecular weight excluding hydrogens is 204 g/mol. The zero-order valence-corrected chi connectivity index (χ0v) is 9.58. The molecule has 0 radical (unpaired) electrons. The second-order valence-electron chi connectivity index (χ2n) is 2.80. The van der Waals surface area contributed by atoms with E-state index in [2.05, 4.69) is 22.1 Å². The number of fused-ring (bicyclic) bond motifs is 3. The monoisotopic (exact) mass is 216 g/mol. The molecule has 0 aliphatic carbocycles. The number of pyridine rings is 2. The number of rotatable bonds is 0. The van der Waals surface area contributed by atoms with Crippen molar-refractivity contribution in [3.05, 3.63) is 36.7 Å². The number of aromatic nitrogens is 2. The Kier molecular flexibility index (Phi) is 2.92. The van der Waals surface area contributed by atoms with Crippen LogP contribution in [0.15, 0.2) is 36.7 Å². The summed E-state index contributed by atoms with van der Waals surface area (Å²) in [6.07, 6.45) is 3.62. The lowest BCUT2D eigenvalue weighted by Gasteiger charge is -1.86. The van der Waals surface area contributed by atoms with Gasteiger partial charge in [0.2, 0.25) is 0 Å². The maximum Gasteiger partial charge on any atom is 0.107 e. The van der Waals surface area contributed by atoms with Gasteiger partial charge in [0.1, 0.15) is 11.0 Å². The van der Waals surface area contributed by atoms with Crippen molar-refractivity contribution in [2.45, 2.75) is 13.8 Å². The van der Waals surface area contributed by atoms with Gasteiger partial charge < -0.3 is 0 Å². The van der Waals surface area contributed by atoms with Crippen LogP contribution in [0.3, 0.4) is 0 Å². The van der Waals surface area contributed by atoms with Crippen LogP contribution in [0.1, 0.15) is 13.8 Å². The lowest BCUT2D eigenvalue weighted by atomic mass is 10.3. The Balaban J connectivity index is 0.000000404. The zero-order valence-electron chi connectivity index (χ0n) is 8.77. The molecule has 0 atom stereocenters. The van der Waals surface area contributed by atoms with E-state index in [0.29, 0.717) is 0 Å². The minimum absolute atomic E-state index is 1.02. The van der Waals surface area contributed by atoms with Gasteiger partial charge in [-0.25, -0.2) is 0 Å². The highest BCUT2D eigenvalue weighted by Crippen LogP contribution is 2.29. The summed E-state index contributed by atoms with van der Waals surface area (Å²) < 4.78 is 2.41. The summed E-state index contributed by atoms with van der Waals surface area (Å²) in [7, 11) is 0. The molecule has 3 rings (SSSR count). The maximum atomic E-state index is 4.32. The maximum absolute atomic E-state index is 4.32. The van der Waals surface area contributed by atoms with Crippen LogP contribution >= 0.6 is 11.3 Å². The predicted octanol–water partition coefficient (Wildman–Crippen LogP) is 3.87. The van der Waals surface area contributed by atoms with Crippen molar-refractivity contribution in [1.29, 1.82) is 0 Å². The Morgan fingerprint density at radius 3 is 1.80 bits per heavy atom. The summed E-state index contributed by atoms with van der Waals surface area (Å²) in [6, 6.07) is 8.07. The lowest BCUT2D eigenvalue weighted by molar-refractivity contribution is 1.39. The molecule has 0 N–H and O–H groups in total. The van der Waals surface area contributed by atoms with Gasteiger partial charge >= 0.3 is 0 Å². The molecule has 0 bridgehead atoms.